The average molecular weight is 332 g/mol. The third kappa shape index (κ3) is 3.06. The highest BCUT2D eigenvalue weighted by molar-refractivity contribution is 5.92. The zero-order valence-electron chi connectivity index (χ0n) is 14.1. The van der Waals surface area contributed by atoms with Crippen molar-refractivity contribution in [1.82, 2.24) is 14.7 Å². The Balaban J connectivity index is 1.68. The summed E-state index contributed by atoms with van der Waals surface area (Å²) in [5.74, 6) is 0.134. The number of piperazine rings is 1. The number of hydrogen-bond acceptors (Lipinski definition) is 4. The lowest BCUT2D eigenvalue weighted by Crippen LogP contribution is -2.49. The number of amides is 1. The lowest BCUT2D eigenvalue weighted by Gasteiger charge is -2.36. The molecule has 7 heteroatoms. The number of aromatic nitrogens is 2. The molecule has 0 saturated carbocycles. The number of benzene rings is 1. The van der Waals surface area contributed by atoms with Crippen LogP contribution < -0.4 is 9.64 Å². The predicted molar refractivity (Wildman–Crippen MR) is 89.0 cm³/mol. The van der Waals surface area contributed by atoms with Crippen LogP contribution in [0.25, 0.3) is 0 Å². The van der Waals surface area contributed by atoms with Crippen molar-refractivity contribution in [1.29, 1.82) is 0 Å². The van der Waals surface area contributed by atoms with Crippen molar-refractivity contribution < 1.29 is 13.9 Å². The Morgan fingerprint density at radius 3 is 2.50 bits per heavy atom. The summed E-state index contributed by atoms with van der Waals surface area (Å²) in [7, 11) is 3.35. The number of hydrogen-bond donors (Lipinski definition) is 0. The van der Waals surface area contributed by atoms with Gasteiger partial charge in [0.15, 0.2) is 5.69 Å². The number of aryl methyl sites for hydroxylation is 2. The van der Waals surface area contributed by atoms with Gasteiger partial charge in [-0.1, -0.05) is 0 Å². The Kier molecular flexibility index (Phi) is 4.42. The van der Waals surface area contributed by atoms with Gasteiger partial charge >= 0.3 is 0 Å². The van der Waals surface area contributed by atoms with Gasteiger partial charge in [0.1, 0.15) is 11.6 Å². The highest BCUT2D eigenvalue weighted by Crippen LogP contribution is 2.29. The van der Waals surface area contributed by atoms with E-state index in [1.807, 2.05) is 14.0 Å². The van der Waals surface area contributed by atoms with Crippen LogP contribution in [0.15, 0.2) is 24.3 Å². The zero-order valence-corrected chi connectivity index (χ0v) is 14.1. The minimum atomic E-state index is -0.324. The second-order valence-electron chi connectivity index (χ2n) is 5.89. The minimum Gasteiger partial charge on any atom is -0.494 e. The van der Waals surface area contributed by atoms with Crippen LogP contribution >= 0.6 is 0 Å². The summed E-state index contributed by atoms with van der Waals surface area (Å²) in [6.45, 7) is 4.44. The number of ether oxygens (including phenoxy) is 1. The van der Waals surface area contributed by atoms with Gasteiger partial charge < -0.3 is 14.5 Å². The Morgan fingerprint density at radius 2 is 1.92 bits per heavy atom. The van der Waals surface area contributed by atoms with Gasteiger partial charge in [-0.25, -0.2) is 4.39 Å². The summed E-state index contributed by atoms with van der Waals surface area (Å²) in [4.78, 5) is 16.4. The number of halogens is 1. The molecule has 0 unspecified atom stereocenters. The number of anilines is 1. The molecule has 24 heavy (non-hydrogen) atoms. The molecule has 0 aliphatic carbocycles. The van der Waals surface area contributed by atoms with Gasteiger partial charge in [-0.05, 0) is 25.1 Å². The smallest absolute Gasteiger partial charge is 0.274 e. The van der Waals surface area contributed by atoms with Crippen LogP contribution in [0.1, 0.15) is 16.2 Å². The lowest BCUT2D eigenvalue weighted by atomic mass is 10.2. The maximum absolute atomic E-state index is 13.3. The molecule has 1 saturated heterocycles. The first-order valence-electron chi connectivity index (χ1n) is 7.88. The van der Waals surface area contributed by atoms with E-state index in [9.17, 15) is 9.18 Å². The third-order valence-electron chi connectivity index (χ3n) is 4.38. The van der Waals surface area contributed by atoms with E-state index in [0.29, 0.717) is 37.6 Å². The summed E-state index contributed by atoms with van der Waals surface area (Å²) in [5.41, 5.74) is 2.27. The van der Waals surface area contributed by atoms with Gasteiger partial charge in [0.25, 0.3) is 5.91 Å². The first kappa shape index (κ1) is 16.3. The second-order valence-corrected chi connectivity index (χ2v) is 5.89. The Morgan fingerprint density at radius 1 is 1.21 bits per heavy atom. The standard InChI is InChI=1S/C17H21FN4O2/c1-12-10-14(19-20(12)2)17(23)22-8-6-21(7-9-22)15-5-4-13(18)11-16(15)24-3/h4-5,10-11H,6-9H2,1-3H3. The van der Waals surface area contributed by atoms with Crippen molar-refractivity contribution in [3.63, 3.8) is 0 Å². The molecule has 3 rings (SSSR count). The Hall–Kier alpha value is -2.57. The first-order chi connectivity index (χ1) is 11.5. The number of carbonyl (C=O) groups is 1. The molecule has 6 nitrogen and oxygen atoms in total. The van der Waals surface area contributed by atoms with Crippen LogP contribution in [0, 0.1) is 12.7 Å². The molecule has 0 radical (unpaired) electrons. The van der Waals surface area contributed by atoms with Gasteiger partial charge in [0.2, 0.25) is 0 Å². The van der Waals surface area contributed by atoms with E-state index < -0.39 is 0 Å². The van der Waals surface area contributed by atoms with Crippen molar-refractivity contribution >= 4 is 11.6 Å². The third-order valence-corrected chi connectivity index (χ3v) is 4.38. The Labute approximate surface area is 140 Å². The van der Waals surface area contributed by atoms with Crippen LogP contribution in [0.4, 0.5) is 10.1 Å². The van der Waals surface area contributed by atoms with Gasteiger partial charge in [-0.3, -0.25) is 9.48 Å². The summed E-state index contributed by atoms with van der Waals surface area (Å²) >= 11 is 0. The van der Waals surface area contributed by atoms with Crippen molar-refractivity contribution in [2.75, 3.05) is 38.2 Å². The van der Waals surface area contributed by atoms with Crippen molar-refractivity contribution in [3.05, 3.63) is 41.5 Å². The van der Waals surface area contributed by atoms with Crippen LogP contribution in [0.5, 0.6) is 5.75 Å². The van der Waals surface area contributed by atoms with Crippen molar-refractivity contribution in [3.8, 4) is 5.75 Å². The van der Waals surface area contributed by atoms with Crippen molar-refractivity contribution in [2.45, 2.75) is 6.92 Å². The summed E-state index contributed by atoms with van der Waals surface area (Å²) in [6.07, 6.45) is 0. The minimum absolute atomic E-state index is 0.0515. The maximum atomic E-state index is 13.3. The number of rotatable bonds is 3. The van der Waals surface area contributed by atoms with Gasteiger partial charge in [0, 0.05) is 45.0 Å². The molecule has 1 amide bonds. The van der Waals surface area contributed by atoms with Crippen LogP contribution in [0.3, 0.4) is 0 Å². The molecular formula is C17H21FN4O2. The van der Waals surface area contributed by atoms with E-state index in [-0.39, 0.29) is 11.7 Å². The molecule has 1 aliphatic heterocycles. The summed E-state index contributed by atoms with van der Waals surface area (Å²) in [5, 5.41) is 4.25. The fourth-order valence-corrected chi connectivity index (χ4v) is 2.89. The van der Waals surface area contributed by atoms with Gasteiger partial charge in [-0.2, -0.15) is 5.10 Å². The maximum Gasteiger partial charge on any atom is 0.274 e. The molecule has 1 fully saturated rings. The predicted octanol–water partition coefficient (Wildman–Crippen LogP) is 1.84. The number of nitrogens with zero attached hydrogens (tertiary/aromatic N) is 4. The fraction of sp³-hybridized carbons (Fsp3) is 0.412. The number of carbonyl (C=O) groups excluding carboxylic acids is 1. The van der Waals surface area contributed by atoms with Gasteiger partial charge in [-0.15, -0.1) is 0 Å². The van der Waals surface area contributed by atoms with Gasteiger partial charge in [0.05, 0.1) is 12.8 Å². The lowest BCUT2D eigenvalue weighted by molar-refractivity contribution is 0.0740. The molecule has 0 atom stereocenters. The highest BCUT2D eigenvalue weighted by atomic mass is 19.1. The van der Waals surface area contributed by atoms with Crippen LogP contribution in [0.2, 0.25) is 0 Å². The van der Waals surface area contributed by atoms with E-state index in [1.54, 1.807) is 21.7 Å². The van der Waals surface area contributed by atoms with Crippen molar-refractivity contribution in [2.24, 2.45) is 7.05 Å². The average Bonchev–Trinajstić information content (AvgIpc) is 2.93. The molecule has 1 aliphatic rings. The summed E-state index contributed by atoms with van der Waals surface area (Å²) < 4.78 is 20.3. The quantitative estimate of drug-likeness (QED) is 0.861. The van der Waals surface area contributed by atoms with E-state index in [0.717, 1.165) is 11.4 Å². The number of methoxy groups -OCH3 is 1. The first-order valence-corrected chi connectivity index (χ1v) is 7.88. The molecular weight excluding hydrogens is 311 g/mol. The second kappa shape index (κ2) is 6.51. The van der Waals surface area contributed by atoms with E-state index >= 15 is 0 Å². The van der Waals surface area contributed by atoms with E-state index in [2.05, 4.69) is 10.00 Å². The normalized spacial score (nSPS) is 14.8. The molecule has 1 aromatic heterocycles. The van der Waals surface area contributed by atoms with Crippen LogP contribution in [-0.4, -0.2) is 53.9 Å². The van der Waals surface area contributed by atoms with E-state index in [1.165, 1.54) is 19.2 Å². The molecule has 0 bridgehead atoms. The SMILES string of the molecule is COc1cc(F)ccc1N1CCN(C(=O)c2cc(C)n(C)n2)CC1. The fourth-order valence-electron chi connectivity index (χ4n) is 2.89. The molecule has 0 N–H and O–H groups in total. The zero-order chi connectivity index (χ0) is 17.3. The molecule has 128 valence electrons. The monoisotopic (exact) mass is 332 g/mol. The summed E-state index contributed by atoms with van der Waals surface area (Å²) in [6, 6.07) is 6.32. The molecule has 2 heterocycles. The largest absolute Gasteiger partial charge is 0.494 e. The van der Waals surface area contributed by atoms with Crippen LogP contribution in [-0.2, 0) is 7.05 Å². The van der Waals surface area contributed by atoms with E-state index in [4.69, 9.17) is 4.74 Å². The topological polar surface area (TPSA) is 50.6 Å². The molecule has 2 aromatic rings. The molecule has 1 aromatic carbocycles. The highest BCUT2D eigenvalue weighted by Gasteiger charge is 2.25. The Bertz CT molecular complexity index is 732. The molecule has 0 spiro atoms.